The van der Waals surface area contributed by atoms with Crippen molar-refractivity contribution in [2.24, 2.45) is 0 Å². The zero-order valence-electron chi connectivity index (χ0n) is 9.47. The lowest BCUT2D eigenvalue weighted by atomic mass is 10.2. The number of pyridine rings is 1. The maximum atomic E-state index is 11.7. The van der Waals surface area contributed by atoms with Gasteiger partial charge in [0.25, 0.3) is 5.91 Å². The van der Waals surface area contributed by atoms with Crippen LogP contribution in [-0.2, 0) is 9.84 Å². The number of hydrogen-bond donors (Lipinski definition) is 1. The largest absolute Gasteiger partial charge is 0.349 e. The third-order valence-corrected chi connectivity index (χ3v) is 3.25. The lowest BCUT2D eigenvalue weighted by molar-refractivity contribution is 0.0943. The molecule has 1 amide bonds. The second-order valence-electron chi connectivity index (χ2n) is 3.84. The number of hydrogen-bond acceptors (Lipinski definition) is 4. The quantitative estimate of drug-likeness (QED) is 0.829. The Morgan fingerprint density at radius 3 is 2.65 bits per heavy atom. The second-order valence-corrected chi connectivity index (χ2v) is 6.41. The molecule has 1 rings (SSSR count). The maximum absolute atomic E-state index is 11.7. The zero-order chi connectivity index (χ0) is 13.1. The highest BCUT2D eigenvalue weighted by Gasteiger charge is 2.14. The standard InChI is InChI=1S/C10H13ClN2O3S/c1-7(6-17(2,15)16)13-10(14)8-3-4-9(11)12-5-8/h3-5,7H,6H2,1-2H3,(H,13,14). The fourth-order valence-corrected chi connectivity index (χ4v) is 2.42. The van der Waals surface area contributed by atoms with Crippen LogP contribution >= 0.6 is 11.6 Å². The summed E-state index contributed by atoms with van der Waals surface area (Å²) in [4.78, 5) is 15.4. The Bertz CT molecular complexity index is 499. The van der Waals surface area contributed by atoms with Crippen molar-refractivity contribution < 1.29 is 13.2 Å². The van der Waals surface area contributed by atoms with Gasteiger partial charge in [-0.15, -0.1) is 0 Å². The second kappa shape index (κ2) is 5.46. The molecule has 1 atom stereocenters. The van der Waals surface area contributed by atoms with Crippen LogP contribution in [0.15, 0.2) is 18.3 Å². The van der Waals surface area contributed by atoms with E-state index in [1.165, 1.54) is 18.3 Å². The highest BCUT2D eigenvalue weighted by Crippen LogP contribution is 2.05. The van der Waals surface area contributed by atoms with E-state index in [0.717, 1.165) is 6.26 Å². The van der Waals surface area contributed by atoms with Crippen LogP contribution < -0.4 is 5.32 Å². The number of halogens is 1. The van der Waals surface area contributed by atoms with E-state index >= 15 is 0 Å². The zero-order valence-corrected chi connectivity index (χ0v) is 11.0. The van der Waals surface area contributed by atoms with Gasteiger partial charge in [-0.25, -0.2) is 13.4 Å². The Hall–Kier alpha value is -1.14. The normalized spacial score (nSPS) is 13.1. The molecule has 1 aromatic heterocycles. The summed E-state index contributed by atoms with van der Waals surface area (Å²) in [6, 6.07) is 2.57. The van der Waals surface area contributed by atoms with Crippen molar-refractivity contribution in [1.82, 2.24) is 10.3 Å². The molecule has 0 aliphatic carbocycles. The molecule has 94 valence electrons. The molecule has 0 fully saturated rings. The van der Waals surface area contributed by atoms with Crippen LogP contribution in [0.2, 0.25) is 5.15 Å². The summed E-state index contributed by atoms with van der Waals surface area (Å²) in [6.45, 7) is 1.63. The number of carbonyl (C=O) groups is 1. The minimum Gasteiger partial charge on any atom is -0.349 e. The van der Waals surface area contributed by atoms with Gasteiger partial charge in [-0.2, -0.15) is 0 Å². The van der Waals surface area contributed by atoms with E-state index in [-0.39, 0.29) is 11.7 Å². The molecule has 0 saturated heterocycles. The van der Waals surface area contributed by atoms with Gasteiger partial charge in [0.05, 0.1) is 11.3 Å². The molecule has 17 heavy (non-hydrogen) atoms. The summed E-state index contributed by atoms with van der Waals surface area (Å²) < 4.78 is 22.0. The molecule has 7 heteroatoms. The molecule has 0 aromatic carbocycles. The molecule has 0 saturated carbocycles. The predicted octanol–water partition coefficient (Wildman–Crippen LogP) is 0.898. The Kier molecular flexibility index (Phi) is 4.47. The molecule has 1 unspecified atom stereocenters. The first-order chi connectivity index (χ1) is 7.78. The molecule has 1 heterocycles. The van der Waals surface area contributed by atoms with E-state index in [0.29, 0.717) is 10.7 Å². The maximum Gasteiger partial charge on any atom is 0.253 e. The van der Waals surface area contributed by atoms with Gasteiger partial charge in [-0.05, 0) is 19.1 Å². The minimum absolute atomic E-state index is 0.0975. The van der Waals surface area contributed by atoms with Crippen molar-refractivity contribution in [1.29, 1.82) is 0 Å². The molecule has 0 aliphatic heterocycles. The average molecular weight is 277 g/mol. The summed E-state index contributed by atoms with van der Waals surface area (Å²) in [5.41, 5.74) is 0.342. The van der Waals surface area contributed by atoms with Crippen LogP contribution in [0.3, 0.4) is 0 Å². The first-order valence-electron chi connectivity index (χ1n) is 4.88. The van der Waals surface area contributed by atoms with E-state index < -0.39 is 15.9 Å². The first-order valence-corrected chi connectivity index (χ1v) is 7.32. The van der Waals surface area contributed by atoms with Gasteiger partial charge >= 0.3 is 0 Å². The third kappa shape index (κ3) is 5.14. The highest BCUT2D eigenvalue weighted by atomic mass is 35.5. The summed E-state index contributed by atoms with van der Waals surface area (Å²) >= 11 is 5.59. The summed E-state index contributed by atoms with van der Waals surface area (Å²) in [7, 11) is -3.11. The number of aromatic nitrogens is 1. The third-order valence-electron chi connectivity index (χ3n) is 1.92. The average Bonchev–Trinajstić information content (AvgIpc) is 2.15. The summed E-state index contributed by atoms with van der Waals surface area (Å²) in [5, 5.41) is 2.87. The van der Waals surface area contributed by atoms with Crippen LogP contribution in [0.25, 0.3) is 0 Å². The molecule has 0 aliphatic rings. The van der Waals surface area contributed by atoms with Gasteiger partial charge in [0.15, 0.2) is 0 Å². The van der Waals surface area contributed by atoms with Crippen molar-refractivity contribution in [3.63, 3.8) is 0 Å². The van der Waals surface area contributed by atoms with Gasteiger partial charge in [-0.1, -0.05) is 11.6 Å². The number of amides is 1. The molecule has 0 radical (unpaired) electrons. The molecule has 1 N–H and O–H groups in total. The van der Waals surface area contributed by atoms with Gasteiger partial charge in [0.1, 0.15) is 15.0 Å². The first kappa shape index (κ1) is 13.9. The topological polar surface area (TPSA) is 76.1 Å². The number of carbonyl (C=O) groups excluding carboxylic acids is 1. The lowest BCUT2D eigenvalue weighted by Crippen LogP contribution is -2.37. The van der Waals surface area contributed by atoms with Crippen LogP contribution in [0.5, 0.6) is 0 Å². The number of rotatable bonds is 4. The van der Waals surface area contributed by atoms with E-state index in [9.17, 15) is 13.2 Å². The van der Waals surface area contributed by atoms with Crippen LogP contribution in [-0.4, -0.2) is 37.4 Å². The number of nitrogens with zero attached hydrogens (tertiary/aromatic N) is 1. The Labute approximate surface area is 105 Å². The smallest absolute Gasteiger partial charge is 0.253 e. The van der Waals surface area contributed by atoms with Crippen molar-refractivity contribution in [2.75, 3.05) is 12.0 Å². The van der Waals surface area contributed by atoms with E-state index in [1.54, 1.807) is 6.92 Å². The SMILES string of the molecule is CC(CS(C)(=O)=O)NC(=O)c1ccc(Cl)nc1. The Morgan fingerprint density at radius 1 is 1.53 bits per heavy atom. The monoisotopic (exact) mass is 276 g/mol. The molecular formula is C10H13ClN2O3S. The summed E-state index contributed by atoms with van der Waals surface area (Å²) in [6.07, 6.45) is 2.46. The lowest BCUT2D eigenvalue weighted by Gasteiger charge is -2.12. The number of sulfone groups is 1. The van der Waals surface area contributed by atoms with Crippen molar-refractivity contribution in [3.05, 3.63) is 29.0 Å². The van der Waals surface area contributed by atoms with Crippen LogP contribution in [0.1, 0.15) is 17.3 Å². The summed E-state index contributed by atoms with van der Waals surface area (Å²) in [5.74, 6) is -0.468. The molecule has 5 nitrogen and oxygen atoms in total. The predicted molar refractivity (Wildman–Crippen MR) is 65.9 cm³/mol. The Balaban J connectivity index is 2.63. The van der Waals surface area contributed by atoms with E-state index in [4.69, 9.17) is 11.6 Å². The van der Waals surface area contributed by atoms with Crippen molar-refractivity contribution >= 4 is 27.3 Å². The molecular weight excluding hydrogens is 264 g/mol. The van der Waals surface area contributed by atoms with Crippen LogP contribution in [0, 0.1) is 0 Å². The fraction of sp³-hybridized carbons (Fsp3) is 0.400. The molecule has 0 spiro atoms. The van der Waals surface area contributed by atoms with Gasteiger partial charge in [-0.3, -0.25) is 4.79 Å². The molecule has 0 bridgehead atoms. The Morgan fingerprint density at radius 2 is 2.18 bits per heavy atom. The van der Waals surface area contributed by atoms with E-state index in [2.05, 4.69) is 10.3 Å². The van der Waals surface area contributed by atoms with Gasteiger partial charge < -0.3 is 5.32 Å². The molecule has 1 aromatic rings. The fourth-order valence-electron chi connectivity index (χ4n) is 1.31. The van der Waals surface area contributed by atoms with Gasteiger partial charge in [0.2, 0.25) is 0 Å². The van der Waals surface area contributed by atoms with Crippen LogP contribution in [0.4, 0.5) is 0 Å². The number of nitrogens with one attached hydrogen (secondary N) is 1. The van der Waals surface area contributed by atoms with Gasteiger partial charge in [0, 0.05) is 18.5 Å². The minimum atomic E-state index is -3.11. The van der Waals surface area contributed by atoms with Crippen molar-refractivity contribution in [2.45, 2.75) is 13.0 Å². The van der Waals surface area contributed by atoms with E-state index in [1.807, 2.05) is 0 Å². The van der Waals surface area contributed by atoms with Crippen molar-refractivity contribution in [3.8, 4) is 0 Å². The highest BCUT2D eigenvalue weighted by molar-refractivity contribution is 7.90.